The fraction of sp³-hybridized carbons (Fsp3) is 0.273. The fourth-order valence-corrected chi connectivity index (χ4v) is 3.60. The summed E-state index contributed by atoms with van der Waals surface area (Å²) >= 11 is 0. The Morgan fingerprint density at radius 3 is 2.83 bits per heavy atom. The maximum absolute atomic E-state index is 13.0. The number of nitrogens with one attached hydrogen (secondary N) is 1. The van der Waals surface area contributed by atoms with Crippen molar-refractivity contribution < 1.29 is 14.0 Å². The first-order valence-electron chi connectivity index (χ1n) is 9.58. The first-order chi connectivity index (χ1) is 14.0. The molecule has 0 saturated carbocycles. The van der Waals surface area contributed by atoms with Gasteiger partial charge in [0.05, 0.1) is 5.92 Å². The van der Waals surface area contributed by atoms with Crippen LogP contribution in [0.1, 0.15) is 28.9 Å². The zero-order valence-electron chi connectivity index (χ0n) is 16.1. The number of likely N-dealkylation sites (tertiary alicyclic amines) is 1. The standard InChI is InChI=1S/C22H21N3O4/c1-14-6-4-10-19(23-14)24-20(26)16-8-5-11-25(13-16)21(27)17-12-15-7-2-3-9-18(15)29-22(17)28/h2-4,6-7,9-10,12,16H,5,8,11,13H2,1H3,(H,23,24,26). The van der Waals surface area contributed by atoms with E-state index < -0.39 is 11.5 Å². The van der Waals surface area contributed by atoms with Crippen LogP contribution < -0.4 is 10.9 Å². The summed E-state index contributed by atoms with van der Waals surface area (Å²) in [6.07, 6.45) is 1.36. The van der Waals surface area contributed by atoms with Crippen LogP contribution in [-0.4, -0.2) is 34.8 Å². The summed E-state index contributed by atoms with van der Waals surface area (Å²) < 4.78 is 5.28. The summed E-state index contributed by atoms with van der Waals surface area (Å²) in [6.45, 7) is 2.60. The molecule has 4 rings (SSSR count). The lowest BCUT2D eigenvalue weighted by atomic mass is 9.96. The van der Waals surface area contributed by atoms with Gasteiger partial charge in [0.1, 0.15) is 17.0 Å². The normalized spacial score (nSPS) is 16.6. The number of piperidine rings is 1. The van der Waals surface area contributed by atoms with Crippen molar-refractivity contribution in [2.75, 3.05) is 18.4 Å². The molecule has 0 spiro atoms. The molecule has 1 aromatic carbocycles. The van der Waals surface area contributed by atoms with Crippen molar-refractivity contribution in [3.8, 4) is 0 Å². The molecule has 0 bridgehead atoms. The lowest BCUT2D eigenvalue weighted by Gasteiger charge is -2.31. The highest BCUT2D eigenvalue weighted by Gasteiger charge is 2.30. The van der Waals surface area contributed by atoms with Gasteiger partial charge in [-0.1, -0.05) is 24.3 Å². The van der Waals surface area contributed by atoms with E-state index in [0.717, 1.165) is 5.69 Å². The molecule has 148 valence electrons. The van der Waals surface area contributed by atoms with Crippen molar-refractivity contribution in [2.45, 2.75) is 19.8 Å². The lowest BCUT2D eigenvalue weighted by Crippen LogP contribution is -2.44. The number of carbonyl (C=O) groups excluding carboxylic acids is 2. The van der Waals surface area contributed by atoms with Crippen molar-refractivity contribution in [1.29, 1.82) is 0 Å². The van der Waals surface area contributed by atoms with Crippen molar-refractivity contribution in [3.05, 3.63) is 70.2 Å². The number of pyridine rings is 1. The van der Waals surface area contributed by atoms with Crippen LogP contribution in [0.25, 0.3) is 11.0 Å². The van der Waals surface area contributed by atoms with E-state index in [0.29, 0.717) is 36.2 Å². The zero-order chi connectivity index (χ0) is 20.4. The second kappa shape index (κ2) is 7.87. The predicted molar refractivity (Wildman–Crippen MR) is 109 cm³/mol. The minimum atomic E-state index is -0.663. The molecule has 7 nitrogen and oxygen atoms in total. The molecule has 1 unspecified atom stereocenters. The molecule has 7 heteroatoms. The lowest BCUT2D eigenvalue weighted by molar-refractivity contribution is -0.121. The minimum absolute atomic E-state index is 0.00916. The zero-order valence-corrected chi connectivity index (χ0v) is 16.1. The predicted octanol–water partition coefficient (Wildman–Crippen LogP) is 2.99. The summed E-state index contributed by atoms with van der Waals surface area (Å²) in [6, 6.07) is 14.0. The van der Waals surface area contributed by atoms with Crippen LogP contribution in [-0.2, 0) is 4.79 Å². The number of aromatic nitrogens is 1. The average Bonchev–Trinajstić information content (AvgIpc) is 2.73. The third-order valence-electron chi connectivity index (χ3n) is 5.09. The van der Waals surface area contributed by atoms with E-state index in [2.05, 4.69) is 10.3 Å². The number of benzene rings is 1. The Labute approximate surface area is 167 Å². The minimum Gasteiger partial charge on any atom is -0.422 e. The largest absolute Gasteiger partial charge is 0.422 e. The Morgan fingerprint density at radius 1 is 1.17 bits per heavy atom. The van der Waals surface area contributed by atoms with Gasteiger partial charge in [-0.25, -0.2) is 9.78 Å². The van der Waals surface area contributed by atoms with Gasteiger partial charge in [0.15, 0.2) is 0 Å². The van der Waals surface area contributed by atoms with Crippen LogP contribution >= 0.6 is 0 Å². The molecule has 1 N–H and O–H groups in total. The molecule has 2 aromatic heterocycles. The van der Waals surface area contributed by atoms with E-state index in [1.165, 1.54) is 0 Å². The van der Waals surface area contributed by atoms with E-state index in [1.54, 1.807) is 35.2 Å². The van der Waals surface area contributed by atoms with E-state index in [1.807, 2.05) is 25.1 Å². The van der Waals surface area contributed by atoms with Crippen LogP contribution in [0.4, 0.5) is 5.82 Å². The highest BCUT2D eigenvalue weighted by atomic mass is 16.4. The van der Waals surface area contributed by atoms with Gasteiger partial charge in [-0.3, -0.25) is 9.59 Å². The van der Waals surface area contributed by atoms with Gasteiger partial charge in [-0.05, 0) is 44.0 Å². The SMILES string of the molecule is Cc1cccc(NC(=O)C2CCCN(C(=O)c3cc4ccccc4oc3=O)C2)n1. The summed E-state index contributed by atoms with van der Waals surface area (Å²) in [4.78, 5) is 43.8. The topological polar surface area (TPSA) is 92.5 Å². The summed E-state index contributed by atoms with van der Waals surface area (Å²) in [7, 11) is 0. The number of hydrogen-bond acceptors (Lipinski definition) is 5. The van der Waals surface area contributed by atoms with Crippen molar-refractivity contribution in [1.82, 2.24) is 9.88 Å². The molecule has 1 aliphatic rings. The highest BCUT2D eigenvalue weighted by Crippen LogP contribution is 2.21. The van der Waals surface area contributed by atoms with Gasteiger partial charge >= 0.3 is 5.63 Å². The number of aryl methyl sites for hydroxylation is 1. The Morgan fingerprint density at radius 2 is 2.00 bits per heavy atom. The Kier molecular flexibility index (Phi) is 5.12. The molecule has 1 atom stereocenters. The smallest absolute Gasteiger partial charge is 0.349 e. The van der Waals surface area contributed by atoms with Crippen LogP contribution in [0.3, 0.4) is 0 Å². The van der Waals surface area contributed by atoms with E-state index in [9.17, 15) is 14.4 Å². The van der Waals surface area contributed by atoms with Crippen LogP contribution in [0.5, 0.6) is 0 Å². The average molecular weight is 391 g/mol. The second-order valence-electron chi connectivity index (χ2n) is 7.23. The van der Waals surface area contributed by atoms with E-state index in [4.69, 9.17) is 4.42 Å². The maximum atomic E-state index is 13.0. The molecule has 29 heavy (non-hydrogen) atoms. The molecule has 1 saturated heterocycles. The number of para-hydroxylation sites is 1. The molecule has 1 fully saturated rings. The molecule has 1 aliphatic heterocycles. The number of carbonyl (C=O) groups is 2. The number of rotatable bonds is 3. The van der Waals surface area contributed by atoms with E-state index >= 15 is 0 Å². The van der Waals surface area contributed by atoms with E-state index in [-0.39, 0.29) is 23.9 Å². The quantitative estimate of drug-likeness (QED) is 0.693. The summed E-state index contributed by atoms with van der Waals surface area (Å²) in [5.74, 6) is -0.446. The fourth-order valence-electron chi connectivity index (χ4n) is 3.60. The first kappa shape index (κ1) is 18.9. The second-order valence-corrected chi connectivity index (χ2v) is 7.23. The third kappa shape index (κ3) is 4.03. The van der Waals surface area contributed by atoms with Crippen molar-refractivity contribution in [2.24, 2.45) is 5.92 Å². The van der Waals surface area contributed by atoms with Gasteiger partial charge < -0.3 is 14.6 Å². The third-order valence-corrected chi connectivity index (χ3v) is 5.09. The number of hydrogen-bond donors (Lipinski definition) is 1. The molecule has 3 aromatic rings. The first-order valence-corrected chi connectivity index (χ1v) is 9.58. The Balaban J connectivity index is 1.51. The number of anilines is 1. The Bertz CT molecular complexity index is 1140. The number of amides is 2. The molecular weight excluding hydrogens is 370 g/mol. The summed E-state index contributed by atoms with van der Waals surface area (Å²) in [5, 5.41) is 3.51. The maximum Gasteiger partial charge on any atom is 0.349 e. The van der Waals surface area contributed by atoms with Crippen molar-refractivity contribution >= 4 is 28.6 Å². The van der Waals surface area contributed by atoms with Crippen molar-refractivity contribution in [3.63, 3.8) is 0 Å². The highest BCUT2D eigenvalue weighted by molar-refractivity contribution is 5.97. The molecule has 0 radical (unpaired) electrons. The van der Waals surface area contributed by atoms with Crippen LogP contribution in [0.2, 0.25) is 0 Å². The van der Waals surface area contributed by atoms with Crippen LogP contribution in [0.15, 0.2) is 57.7 Å². The molecular formula is C22H21N3O4. The van der Waals surface area contributed by atoms with Gasteiger partial charge in [-0.15, -0.1) is 0 Å². The van der Waals surface area contributed by atoms with Gasteiger partial charge in [-0.2, -0.15) is 0 Å². The summed E-state index contributed by atoms with van der Waals surface area (Å²) in [5.41, 5.74) is 0.580. The molecule has 0 aliphatic carbocycles. The monoisotopic (exact) mass is 391 g/mol. The number of fused-ring (bicyclic) bond motifs is 1. The Hall–Kier alpha value is -3.48. The van der Waals surface area contributed by atoms with Gasteiger partial charge in [0.25, 0.3) is 5.91 Å². The molecule has 3 heterocycles. The van der Waals surface area contributed by atoms with Gasteiger partial charge in [0.2, 0.25) is 5.91 Å². The molecule has 2 amide bonds. The van der Waals surface area contributed by atoms with Gasteiger partial charge in [0, 0.05) is 24.2 Å². The number of nitrogens with zero attached hydrogens (tertiary/aromatic N) is 2. The van der Waals surface area contributed by atoms with Crippen LogP contribution in [0, 0.1) is 12.8 Å².